The molecule has 26 heavy (non-hydrogen) atoms. The normalized spacial score (nSPS) is 16.0. The Kier molecular flexibility index (Phi) is 4.06. The van der Waals surface area contributed by atoms with E-state index in [0.717, 1.165) is 32.1 Å². The summed E-state index contributed by atoms with van der Waals surface area (Å²) in [5.41, 5.74) is 8.31. The van der Waals surface area contributed by atoms with E-state index in [2.05, 4.69) is 28.1 Å². The quantitative estimate of drug-likeness (QED) is 0.661. The number of halogens is 1. The molecule has 0 aromatic heterocycles. The van der Waals surface area contributed by atoms with Crippen molar-refractivity contribution in [2.45, 2.75) is 5.92 Å². The smallest absolute Gasteiger partial charge is 0.205 e. The molecular weight excluding hydrogens is 392 g/mol. The molecule has 2 N–H and O–H groups in total. The molecule has 3 aromatic carbocycles. The van der Waals surface area contributed by atoms with Crippen LogP contribution in [0.4, 0.5) is 0 Å². The molecule has 5 heteroatoms. The number of hydrogen-bond donors (Lipinski definition) is 1. The van der Waals surface area contributed by atoms with Crippen molar-refractivity contribution in [3.63, 3.8) is 0 Å². The Balaban J connectivity index is 1.98. The van der Waals surface area contributed by atoms with Crippen LogP contribution in [-0.4, -0.2) is 7.11 Å². The van der Waals surface area contributed by atoms with Crippen LogP contribution in [0.2, 0.25) is 0 Å². The molecule has 1 atom stereocenters. The number of rotatable bonds is 2. The predicted molar refractivity (Wildman–Crippen MR) is 104 cm³/mol. The Morgan fingerprint density at radius 1 is 1.12 bits per heavy atom. The number of benzene rings is 3. The number of nitriles is 1. The summed E-state index contributed by atoms with van der Waals surface area (Å²) >= 11 is 3.51. The van der Waals surface area contributed by atoms with E-state index in [0.29, 0.717) is 11.3 Å². The molecule has 128 valence electrons. The molecule has 0 spiro atoms. The van der Waals surface area contributed by atoms with E-state index in [-0.39, 0.29) is 11.8 Å². The van der Waals surface area contributed by atoms with Gasteiger partial charge >= 0.3 is 0 Å². The van der Waals surface area contributed by atoms with Gasteiger partial charge in [-0.1, -0.05) is 34.1 Å². The molecule has 0 amide bonds. The van der Waals surface area contributed by atoms with E-state index in [1.54, 1.807) is 7.11 Å². The Labute approximate surface area is 159 Å². The van der Waals surface area contributed by atoms with Crippen LogP contribution in [0.25, 0.3) is 10.8 Å². The van der Waals surface area contributed by atoms with Crippen molar-refractivity contribution in [2.75, 3.05) is 7.11 Å². The van der Waals surface area contributed by atoms with E-state index < -0.39 is 0 Å². The van der Waals surface area contributed by atoms with Gasteiger partial charge in [-0.05, 0) is 52.7 Å². The van der Waals surface area contributed by atoms with Crippen LogP contribution in [0.1, 0.15) is 17.0 Å². The molecule has 1 unspecified atom stereocenters. The van der Waals surface area contributed by atoms with Crippen molar-refractivity contribution in [2.24, 2.45) is 5.73 Å². The van der Waals surface area contributed by atoms with Gasteiger partial charge in [-0.15, -0.1) is 0 Å². The van der Waals surface area contributed by atoms with Crippen LogP contribution in [0, 0.1) is 11.3 Å². The Hall–Kier alpha value is -2.97. The van der Waals surface area contributed by atoms with Crippen molar-refractivity contribution in [1.29, 1.82) is 5.26 Å². The number of ether oxygens (including phenoxy) is 2. The SMILES string of the molecule is COc1cccc(C2C(C#N)=C(N)Oc3cc4ccc(Br)cc4cc32)c1. The predicted octanol–water partition coefficient (Wildman–Crippen LogP) is 4.83. The lowest BCUT2D eigenvalue weighted by Crippen LogP contribution is -2.21. The number of fused-ring (bicyclic) bond motifs is 2. The third-order valence-corrected chi connectivity index (χ3v) is 5.06. The second-order valence-electron chi connectivity index (χ2n) is 6.08. The largest absolute Gasteiger partial charge is 0.497 e. The molecule has 1 aliphatic heterocycles. The first-order valence-electron chi connectivity index (χ1n) is 8.05. The van der Waals surface area contributed by atoms with Gasteiger partial charge in [0.05, 0.1) is 13.0 Å². The Morgan fingerprint density at radius 3 is 2.73 bits per heavy atom. The zero-order valence-electron chi connectivity index (χ0n) is 14.0. The van der Waals surface area contributed by atoms with Crippen LogP contribution in [-0.2, 0) is 0 Å². The molecular formula is C21H15BrN2O2. The number of nitrogens with two attached hydrogens (primary N) is 1. The summed E-state index contributed by atoms with van der Waals surface area (Å²) in [6.07, 6.45) is 0. The lowest BCUT2D eigenvalue weighted by Gasteiger charge is -2.27. The van der Waals surface area contributed by atoms with Gasteiger partial charge in [0.1, 0.15) is 23.1 Å². The first-order chi connectivity index (χ1) is 12.6. The summed E-state index contributed by atoms with van der Waals surface area (Å²) in [5, 5.41) is 11.8. The van der Waals surface area contributed by atoms with Crippen LogP contribution in [0.3, 0.4) is 0 Å². The molecule has 4 rings (SSSR count). The maximum Gasteiger partial charge on any atom is 0.205 e. The van der Waals surface area contributed by atoms with E-state index in [1.165, 1.54) is 0 Å². The van der Waals surface area contributed by atoms with E-state index >= 15 is 0 Å². The summed E-state index contributed by atoms with van der Waals surface area (Å²) in [6.45, 7) is 0. The standard InChI is InChI=1S/C21H15BrN2O2/c1-25-16-4-2-3-13(8-16)20-17-9-14-7-15(22)6-5-12(14)10-19(17)26-21(24)18(20)11-23/h2-10,20H,24H2,1H3. The molecule has 0 radical (unpaired) electrons. The third kappa shape index (κ3) is 2.69. The van der Waals surface area contributed by atoms with Gasteiger partial charge in [-0.3, -0.25) is 0 Å². The number of methoxy groups -OCH3 is 1. The molecule has 1 aliphatic rings. The van der Waals surface area contributed by atoms with Gasteiger partial charge in [0, 0.05) is 10.0 Å². The van der Waals surface area contributed by atoms with Gasteiger partial charge in [0.25, 0.3) is 0 Å². The Bertz CT molecular complexity index is 1100. The highest BCUT2D eigenvalue weighted by Crippen LogP contribution is 2.44. The second kappa shape index (κ2) is 6.40. The highest BCUT2D eigenvalue weighted by atomic mass is 79.9. The molecule has 1 heterocycles. The first-order valence-corrected chi connectivity index (χ1v) is 8.85. The van der Waals surface area contributed by atoms with Crippen molar-refractivity contribution in [1.82, 2.24) is 0 Å². The number of nitrogens with zero attached hydrogens (tertiary/aromatic N) is 1. The summed E-state index contributed by atoms with van der Waals surface area (Å²) < 4.78 is 12.1. The van der Waals surface area contributed by atoms with E-state index in [1.807, 2.05) is 48.5 Å². The fourth-order valence-electron chi connectivity index (χ4n) is 3.34. The van der Waals surface area contributed by atoms with Crippen molar-refractivity contribution < 1.29 is 9.47 Å². The van der Waals surface area contributed by atoms with Gasteiger partial charge < -0.3 is 15.2 Å². The van der Waals surface area contributed by atoms with Gasteiger partial charge in [-0.2, -0.15) is 5.26 Å². The maximum atomic E-state index is 9.70. The van der Waals surface area contributed by atoms with Gasteiger partial charge in [0.2, 0.25) is 5.88 Å². The highest BCUT2D eigenvalue weighted by molar-refractivity contribution is 9.10. The van der Waals surface area contributed by atoms with E-state index in [9.17, 15) is 5.26 Å². The minimum absolute atomic E-state index is 0.143. The fourth-order valence-corrected chi connectivity index (χ4v) is 3.72. The molecule has 0 bridgehead atoms. The van der Waals surface area contributed by atoms with Gasteiger partial charge in [-0.25, -0.2) is 0 Å². The summed E-state index contributed by atoms with van der Waals surface area (Å²) in [7, 11) is 1.62. The third-order valence-electron chi connectivity index (χ3n) is 4.56. The van der Waals surface area contributed by atoms with Crippen LogP contribution < -0.4 is 15.2 Å². The zero-order valence-corrected chi connectivity index (χ0v) is 15.6. The summed E-state index contributed by atoms with van der Waals surface area (Å²) in [6, 6.07) is 20.0. The van der Waals surface area contributed by atoms with Crippen molar-refractivity contribution in [3.05, 3.63) is 81.7 Å². The molecule has 3 aromatic rings. The number of allylic oxidation sites excluding steroid dienone is 1. The molecule has 0 fully saturated rings. The minimum atomic E-state index is -0.303. The second-order valence-corrected chi connectivity index (χ2v) is 7.00. The van der Waals surface area contributed by atoms with Crippen LogP contribution in [0.5, 0.6) is 11.5 Å². The summed E-state index contributed by atoms with van der Waals surface area (Å²) in [5.74, 6) is 1.24. The lowest BCUT2D eigenvalue weighted by atomic mass is 9.82. The highest BCUT2D eigenvalue weighted by Gasteiger charge is 2.31. The summed E-state index contributed by atoms with van der Waals surface area (Å²) in [4.78, 5) is 0. The minimum Gasteiger partial charge on any atom is -0.497 e. The topological polar surface area (TPSA) is 68.3 Å². The Morgan fingerprint density at radius 2 is 1.96 bits per heavy atom. The van der Waals surface area contributed by atoms with Crippen molar-refractivity contribution in [3.8, 4) is 17.6 Å². The zero-order chi connectivity index (χ0) is 18.3. The molecule has 0 saturated heterocycles. The van der Waals surface area contributed by atoms with Crippen molar-refractivity contribution >= 4 is 26.7 Å². The van der Waals surface area contributed by atoms with Gasteiger partial charge in [0.15, 0.2) is 0 Å². The molecule has 4 nitrogen and oxygen atoms in total. The first kappa shape index (κ1) is 16.5. The number of hydrogen-bond acceptors (Lipinski definition) is 4. The average Bonchev–Trinajstić information content (AvgIpc) is 2.65. The maximum absolute atomic E-state index is 9.70. The van der Waals surface area contributed by atoms with Crippen LogP contribution >= 0.6 is 15.9 Å². The monoisotopic (exact) mass is 406 g/mol. The van der Waals surface area contributed by atoms with E-state index in [4.69, 9.17) is 15.2 Å². The average molecular weight is 407 g/mol. The fraction of sp³-hybridized carbons (Fsp3) is 0.0952. The van der Waals surface area contributed by atoms with Crippen LogP contribution in [0.15, 0.2) is 70.5 Å². The molecule has 0 saturated carbocycles. The lowest BCUT2D eigenvalue weighted by molar-refractivity contribution is 0.393. The molecule has 0 aliphatic carbocycles.